The first-order valence-electron chi connectivity index (χ1n) is 5.80. The first kappa shape index (κ1) is 12.0. The van der Waals surface area contributed by atoms with Gasteiger partial charge in [0, 0.05) is 31.7 Å². The molecule has 2 heterocycles. The summed E-state index contributed by atoms with van der Waals surface area (Å²) < 4.78 is 0. The molecular formula is C12H21N3S. The van der Waals surface area contributed by atoms with Crippen molar-refractivity contribution in [3.05, 3.63) is 22.4 Å². The number of thiophene rings is 1. The normalized spacial score (nSPS) is 25.8. The second kappa shape index (κ2) is 5.27. The number of likely N-dealkylation sites (N-methyl/N-ethyl adjacent to an activating group) is 3. The highest BCUT2D eigenvalue weighted by atomic mass is 32.1. The van der Waals surface area contributed by atoms with Crippen molar-refractivity contribution in [1.82, 2.24) is 15.1 Å². The molecule has 2 rings (SSSR count). The molecule has 1 fully saturated rings. The summed E-state index contributed by atoms with van der Waals surface area (Å²) in [7, 11) is 6.50. The number of rotatable bonds is 3. The van der Waals surface area contributed by atoms with Crippen LogP contribution in [0.3, 0.4) is 0 Å². The summed E-state index contributed by atoms with van der Waals surface area (Å²) in [4.78, 5) is 4.89. The molecule has 1 saturated heterocycles. The Labute approximate surface area is 102 Å². The lowest BCUT2D eigenvalue weighted by atomic mass is 9.99. The quantitative estimate of drug-likeness (QED) is 0.856. The van der Waals surface area contributed by atoms with Crippen LogP contribution in [-0.2, 0) is 0 Å². The zero-order valence-corrected chi connectivity index (χ0v) is 11.1. The monoisotopic (exact) mass is 239 g/mol. The molecule has 0 aromatic carbocycles. The van der Waals surface area contributed by atoms with Gasteiger partial charge in [-0.2, -0.15) is 11.3 Å². The van der Waals surface area contributed by atoms with Crippen molar-refractivity contribution in [2.75, 3.05) is 40.8 Å². The summed E-state index contributed by atoms with van der Waals surface area (Å²) in [6.45, 7) is 3.47. The number of piperazine rings is 1. The van der Waals surface area contributed by atoms with Crippen LogP contribution < -0.4 is 5.32 Å². The molecule has 2 unspecified atom stereocenters. The Hall–Kier alpha value is -0.420. The van der Waals surface area contributed by atoms with Crippen LogP contribution >= 0.6 is 11.3 Å². The minimum absolute atomic E-state index is 0.444. The zero-order chi connectivity index (χ0) is 11.5. The predicted molar refractivity (Wildman–Crippen MR) is 70.0 cm³/mol. The van der Waals surface area contributed by atoms with Gasteiger partial charge in [-0.05, 0) is 43.5 Å². The highest BCUT2D eigenvalue weighted by molar-refractivity contribution is 7.07. The molecule has 4 heteroatoms. The Morgan fingerprint density at radius 3 is 2.88 bits per heavy atom. The van der Waals surface area contributed by atoms with E-state index in [1.54, 1.807) is 11.3 Å². The van der Waals surface area contributed by atoms with Crippen molar-refractivity contribution in [2.24, 2.45) is 0 Å². The van der Waals surface area contributed by atoms with E-state index in [4.69, 9.17) is 0 Å². The van der Waals surface area contributed by atoms with Gasteiger partial charge in [0.15, 0.2) is 0 Å². The molecule has 16 heavy (non-hydrogen) atoms. The summed E-state index contributed by atoms with van der Waals surface area (Å²) in [5.41, 5.74) is 1.42. The van der Waals surface area contributed by atoms with Crippen LogP contribution in [0.25, 0.3) is 0 Å². The Balaban J connectivity index is 2.13. The lowest BCUT2D eigenvalue weighted by Gasteiger charge is -2.41. The Morgan fingerprint density at radius 1 is 1.44 bits per heavy atom. The smallest absolute Gasteiger partial charge is 0.0496 e. The van der Waals surface area contributed by atoms with Crippen molar-refractivity contribution in [3.8, 4) is 0 Å². The first-order chi connectivity index (χ1) is 7.72. The highest BCUT2D eigenvalue weighted by Crippen LogP contribution is 2.24. The molecule has 90 valence electrons. The van der Waals surface area contributed by atoms with Gasteiger partial charge in [0.05, 0.1) is 0 Å². The summed E-state index contributed by atoms with van der Waals surface area (Å²) in [5, 5.41) is 7.88. The van der Waals surface area contributed by atoms with E-state index in [-0.39, 0.29) is 0 Å². The van der Waals surface area contributed by atoms with Crippen LogP contribution in [0, 0.1) is 0 Å². The van der Waals surface area contributed by atoms with Crippen molar-refractivity contribution in [2.45, 2.75) is 12.1 Å². The van der Waals surface area contributed by atoms with Gasteiger partial charge < -0.3 is 10.2 Å². The van der Waals surface area contributed by atoms with Crippen molar-refractivity contribution < 1.29 is 0 Å². The number of hydrogen-bond acceptors (Lipinski definition) is 4. The summed E-state index contributed by atoms with van der Waals surface area (Å²) >= 11 is 1.78. The number of hydrogen-bond donors (Lipinski definition) is 1. The van der Waals surface area contributed by atoms with Gasteiger partial charge in [0.2, 0.25) is 0 Å². The topological polar surface area (TPSA) is 18.5 Å². The molecule has 2 atom stereocenters. The molecule has 0 amide bonds. The van der Waals surface area contributed by atoms with E-state index in [2.05, 4.69) is 53.1 Å². The van der Waals surface area contributed by atoms with Gasteiger partial charge >= 0.3 is 0 Å². The second-order valence-electron chi connectivity index (χ2n) is 4.63. The van der Waals surface area contributed by atoms with E-state index in [1.807, 2.05) is 0 Å². The fourth-order valence-electron chi connectivity index (χ4n) is 2.44. The molecule has 1 N–H and O–H groups in total. The summed E-state index contributed by atoms with van der Waals surface area (Å²) in [6, 6.07) is 3.24. The lowest BCUT2D eigenvalue weighted by Crippen LogP contribution is -2.54. The predicted octanol–water partition coefficient (Wildman–Crippen LogP) is 1.25. The maximum absolute atomic E-state index is 3.46. The fourth-order valence-corrected chi connectivity index (χ4v) is 3.13. The number of nitrogens with zero attached hydrogens (tertiary/aromatic N) is 2. The van der Waals surface area contributed by atoms with E-state index >= 15 is 0 Å². The highest BCUT2D eigenvalue weighted by Gasteiger charge is 2.29. The van der Waals surface area contributed by atoms with E-state index in [0.717, 1.165) is 13.1 Å². The Bertz CT molecular complexity index is 312. The van der Waals surface area contributed by atoms with Crippen LogP contribution in [0.2, 0.25) is 0 Å². The molecule has 1 aromatic heterocycles. The SMILES string of the molecule is CNC(c1ccsc1)C1CN(C)CCN1C. The van der Waals surface area contributed by atoms with Gasteiger partial charge in [0.1, 0.15) is 0 Å². The average Bonchev–Trinajstić information content (AvgIpc) is 2.78. The van der Waals surface area contributed by atoms with Gasteiger partial charge in [-0.15, -0.1) is 0 Å². The Morgan fingerprint density at radius 2 is 2.25 bits per heavy atom. The zero-order valence-electron chi connectivity index (χ0n) is 10.3. The minimum atomic E-state index is 0.444. The second-order valence-corrected chi connectivity index (χ2v) is 5.41. The molecule has 0 aliphatic carbocycles. The summed E-state index contributed by atoms with van der Waals surface area (Å²) in [6.07, 6.45) is 0. The van der Waals surface area contributed by atoms with Gasteiger partial charge in [0.25, 0.3) is 0 Å². The van der Waals surface area contributed by atoms with E-state index in [9.17, 15) is 0 Å². The Kier molecular flexibility index (Phi) is 3.97. The molecule has 0 bridgehead atoms. The van der Waals surface area contributed by atoms with Gasteiger partial charge in [-0.3, -0.25) is 4.90 Å². The van der Waals surface area contributed by atoms with Crippen molar-refractivity contribution in [1.29, 1.82) is 0 Å². The van der Waals surface area contributed by atoms with Crippen LogP contribution in [0.1, 0.15) is 11.6 Å². The first-order valence-corrected chi connectivity index (χ1v) is 6.75. The van der Waals surface area contributed by atoms with Crippen LogP contribution in [0.15, 0.2) is 16.8 Å². The third-order valence-electron chi connectivity index (χ3n) is 3.50. The van der Waals surface area contributed by atoms with Crippen LogP contribution in [0.4, 0.5) is 0 Å². The van der Waals surface area contributed by atoms with Gasteiger partial charge in [-0.1, -0.05) is 0 Å². The molecule has 1 aliphatic heterocycles. The molecule has 3 nitrogen and oxygen atoms in total. The van der Waals surface area contributed by atoms with E-state index < -0.39 is 0 Å². The molecule has 1 aromatic rings. The van der Waals surface area contributed by atoms with E-state index in [0.29, 0.717) is 12.1 Å². The lowest BCUT2D eigenvalue weighted by molar-refractivity contribution is 0.0898. The maximum atomic E-state index is 3.46. The van der Waals surface area contributed by atoms with Crippen molar-refractivity contribution in [3.63, 3.8) is 0 Å². The number of nitrogens with one attached hydrogen (secondary N) is 1. The third kappa shape index (κ3) is 2.46. The molecular weight excluding hydrogens is 218 g/mol. The summed E-state index contributed by atoms with van der Waals surface area (Å²) in [5.74, 6) is 0. The largest absolute Gasteiger partial charge is 0.312 e. The third-order valence-corrected chi connectivity index (χ3v) is 4.20. The molecule has 1 aliphatic rings. The van der Waals surface area contributed by atoms with E-state index in [1.165, 1.54) is 12.1 Å². The van der Waals surface area contributed by atoms with Crippen molar-refractivity contribution >= 4 is 11.3 Å². The fraction of sp³-hybridized carbons (Fsp3) is 0.667. The van der Waals surface area contributed by atoms with Crippen LogP contribution in [0.5, 0.6) is 0 Å². The standard InChI is InChI=1S/C12H21N3S/c1-13-12(10-4-7-16-9-10)11-8-14(2)5-6-15(11)3/h4,7,9,11-13H,5-6,8H2,1-3H3. The minimum Gasteiger partial charge on any atom is -0.312 e. The average molecular weight is 239 g/mol. The van der Waals surface area contributed by atoms with Gasteiger partial charge in [-0.25, -0.2) is 0 Å². The molecule has 0 saturated carbocycles. The molecule has 0 spiro atoms. The van der Waals surface area contributed by atoms with Crippen LogP contribution in [-0.4, -0.2) is 56.6 Å². The molecule has 0 radical (unpaired) electrons. The maximum Gasteiger partial charge on any atom is 0.0496 e.